The van der Waals surface area contributed by atoms with Gasteiger partial charge < -0.3 is 10.2 Å². The largest absolute Gasteiger partial charge is 0.434 e. The molecule has 2 N–H and O–H groups in total. The Morgan fingerprint density at radius 3 is 2.88 bits per heavy atom. The van der Waals surface area contributed by atoms with Crippen LogP contribution in [-0.4, -0.2) is 9.97 Å². The molecule has 0 bridgehead atoms. The van der Waals surface area contributed by atoms with Gasteiger partial charge in [0.2, 0.25) is 5.89 Å². The molecule has 0 radical (unpaired) electrons. The number of nitrogens with zero attached hydrogens (tertiary/aromatic N) is 2. The third-order valence-corrected chi connectivity index (χ3v) is 2.79. The van der Waals surface area contributed by atoms with Crippen molar-refractivity contribution in [3.05, 3.63) is 41.0 Å². The van der Waals surface area contributed by atoms with Crippen LogP contribution in [-0.2, 0) is 0 Å². The van der Waals surface area contributed by atoms with Crippen LogP contribution in [0.4, 0.5) is 5.69 Å². The van der Waals surface area contributed by atoms with Gasteiger partial charge in [0.1, 0.15) is 0 Å². The standard InChI is InChI=1S/C12H8BrN3O/c13-8-4-7(5-9(14)6-8)12-16-11-10(17-12)2-1-3-15-11/h1-6H,14H2. The van der Waals surface area contributed by atoms with Crippen molar-refractivity contribution in [1.29, 1.82) is 0 Å². The minimum Gasteiger partial charge on any atom is -0.434 e. The van der Waals surface area contributed by atoms with Gasteiger partial charge >= 0.3 is 0 Å². The molecule has 0 aliphatic heterocycles. The number of hydrogen-bond donors (Lipinski definition) is 1. The van der Waals surface area contributed by atoms with E-state index in [9.17, 15) is 0 Å². The fourth-order valence-electron chi connectivity index (χ4n) is 1.63. The van der Waals surface area contributed by atoms with Gasteiger partial charge in [-0.2, -0.15) is 4.98 Å². The quantitative estimate of drug-likeness (QED) is 0.699. The van der Waals surface area contributed by atoms with E-state index in [1.807, 2.05) is 30.3 Å². The van der Waals surface area contributed by atoms with E-state index in [1.165, 1.54) is 0 Å². The van der Waals surface area contributed by atoms with E-state index in [0.717, 1.165) is 10.0 Å². The first-order valence-corrected chi connectivity index (χ1v) is 5.80. The summed E-state index contributed by atoms with van der Waals surface area (Å²) in [7, 11) is 0. The molecule has 3 aromatic rings. The number of nitrogens with two attached hydrogens (primary N) is 1. The Morgan fingerprint density at radius 1 is 1.24 bits per heavy atom. The Labute approximate surface area is 106 Å². The van der Waals surface area contributed by atoms with Gasteiger partial charge in [0, 0.05) is 21.9 Å². The summed E-state index contributed by atoms with van der Waals surface area (Å²) in [5.41, 5.74) is 8.53. The summed E-state index contributed by atoms with van der Waals surface area (Å²) in [5, 5.41) is 0. The van der Waals surface area contributed by atoms with Crippen molar-refractivity contribution in [2.45, 2.75) is 0 Å². The van der Waals surface area contributed by atoms with Gasteiger partial charge in [-0.25, -0.2) is 4.98 Å². The van der Waals surface area contributed by atoms with Crippen LogP contribution < -0.4 is 5.73 Å². The summed E-state index contributed by atoms with van der Waals surface area (Å²) in [5.74, 6) is 0.520. The molecule has 0 aliphatic rings. The van der Waals surface area contributed by atoms with Crippen molar-refractivity contribution in [2.24, 2.45) is 0 Å². The van der Waals surface area contributed by atoms with Crippen molar-refractivity contribution < 1.29 is 4.42 Å². The number of anilines is 1. The van der Waals surface area contributed by atoms with E-state index in [-0.39, 0.29) is 0 Å². The van der Waals surface area contributed by atoms with Gasteiger partial charge in [0.15, 0.2) is 11.2 Å². The maximum Gasteiger partial charge on any atom is 0.228 e. The second kappa shape index (κ2) is 3.85. The van der Waals surface area contributed by atoms with Crippen molar-refractivity contribution >= 4 is 32.8 Å². The summed E-state index contributed by atoms with van der Waals surface area (Å²) in [6.45, 7) is 0. The predicted molar refractivity (Wildman–Crippen MR) is 69.4 cm³/mol. The van der Waals surface area contributed by atoms with Crippen molar-refractivity contribution in [1.82, 2.24) is 9.97 Å². The molecule has 2 heterocycles. The van der Waals surface area contributed by atoms with Crippen molar-refractivity contribution in [2.75, 3.05) is 5.73 Å². The van der Waals surface area contributed by atoms with Gasteiger partial charge in [-0.15, -0.1) is 0 Å². The van der Waals surface area contributed by atoms with Crippen LogP contribution in [0.2, 0.25) is 0 Å². The Hall–Kier alpha value is -1.88. The first-order chi connectivity index (χ1) is 8.22. The van der Waals surface area contributed by atoms with Crippen LogP contribution in [0.25, 0.3) is 22.7 Å². The molecule has 0 unspecified atom stereocenters. The molecule has 1 aromatic carbocycles. The molecule has 4 nitrogen and oxygen atoms in total. The summed E-state index contributed by atoms with van der Waals surface area (Å²) in [6, 6.07) is 9.19. The van der Waals surface area contributed by atoms with Crippen molar-refractivity contribution in [3.8, 4) is 11.5 Å². The Morgan fingerprint density at radius 2 is 2.12 bits per heavy atom. The highest BCUT2D eigenvalue weighted by molar-refractivity contribution is 9.10. The summed E-state index contributed by atoms with van der Waals surface area (Å²) in [6.07, 6.45) is 1.68. The smallest absolute Gasteiger partial charge is 0.228 e. The molecule has 3 rings (SSSR count). The highest BCUT2D eigenvalue weighted by atomic mass is 79.9. The lowest BCUT2D eigenvalue weighted by Gasteiger charge is -1.99. The van der Waals surface area contributed by atoms with E-state index in [1.54, 1.807) is 6.20 Å². The fourth-order valence-corrected chi connectivity index (χ4v) is 2.14. The second-order valence-electron chi connectivity index (χ2n) is 3.62. The number of halogens is 1. The normalized spacial score (nSPS) is 10.9. The molecule has 2 aromatic heterocycles. The first kappa shape index (κ1) is 10.3. The molecule has 84 valence electrons. The number of fused-ring (bicyclic) bond motifs is 1. The number of aromatic nitrogens is 2. The Kier molecular flexibility index (Phi) is 2.33. The Balaban J connectivity index is 2.20. The van der Waals surface area contributed by atoms with Gasteiger partial charge in [0.05, 0.1) is 0 Å². The molecule has 17 heavy (non-hydrogen) atoms. The molecule has 0 fully saturated rings. The van der Waals surface area contributed by atoms with E-state index >= 15 is 0 Å². The fraction of sp³-hybridized carbons (Fsp3) is 0. The number of pyridine rings is 1. The van der Waals surface area contributed by atoms with Gasteiger partial charge in [-0.05, 0) is 30.3 Å². The molecular formula is C12H8BrN3O. The lowest BCUT2D eigenvalue weighted by molar-refractivity contribution is 0.619. The number of nitrogen functional groups attached to an aromatic ring is 1. The zero-order chi connectivity index (χ0) is 11.8. The van der Waals surface area contributed by atoms with Crippen LogP contribution in [0.15, 0.2) is 45.4 Å². The molecule has 5 heteroatoms. The van der Waals surface area contributed by atoms with Crippen LogP contribution in [0.1, 0.15) is 0 Å². The highest BCUT2D eigenvalue weighted by Crippen LogP contribution is 2.27. The summed E-state index contributed by atoms with van der Waals surface area (Å²) in [4.78, 5) is 8.44. The number of benzene rings is 1. The third-order valence-electron chi connectivity index (χ3n) is 2.33. The molecule has 0 saturated heterocycles. The maximum absolute atomic E-state index is 5.78. The van der Waals surface area contributed by atoms with E-state index in [2.05, 4.69) is 25.9 Å². The van der Waals surface area contributed by atoms with Crippen LogP contribution >= 0.6 is 15.9 Å². The van der Waals surface area contributed by atoms with Gasteiger partial charge in [-0.3, -0.25) is 0 Å². The molecular weight excluding hydrogens is 282 g/mol. The second-order valence-corrected chi connectivity index (χ2v) is 4.53. The highest BCUT2D eigenvalue weighted by Gasteiger charge is 2.09. The average Bonchev–Trinajstić information content (AvgIpc) is 2.71. The minimum atomic E-state index is 0.520. The number of hydrogen-bond acceptors (Lipinski definition) is 4. The van der Waals surface area contributed by atoms with E-state index < -0.39 is 0 Å². The van der Waals surface area contributed by atoms with Crippen LogP contribution in [0.3, 0.4) is 0 Å². The summed E-state index contributed by atoms with van der Waals surface area (Å²) >= 11 is 3.39. The minimum absolute atomic E-state index is 0.520. The monoisotopic (exact) mass is 289 g/mol. The number of oxazole rings is 1. The molecule has 0 atom stereocenters. The zero-order valence-electron chi connectivity index (χ0n) is 8.72. The number of rotatable bonds is 1. The molecule has 0 saturated carbocycles. The van der Waals surface area contributed by atoms with Crippen LogP contribution in [0.5, 0.6) is 0 Å². The lowest BCUT2D eigenvalue weighted by atomic mass is 10.2. The SMILES string of the molecule is Nc1cc(Br)cc(-c2nc3ncccc3o2)c1. The maximum atomic E-state index is 5.78. The first-order valence-electron chi connectivity index (χ1n) is 5.00. The molecule has 0 spiro atoms. The molecule has 0 aliphatic carbocycles. The molecule has 0 amide bonds. The van der Waals surface area contributed by atoms with Crippen LogP contribution in [0, 0.1) is 0 Å². The van der Waals surface area contributed by atoms with Gasteiger partial charge in [-0.1, -0.05) is 15.9 Å². The third kappa shape index (κ3) is 1.89. The lowest BCUT2D eigenvalue weighted by Crippen LogP contribution is -1.86. The Bertz CT molecular complexity index is 640. The zero-order valence-corrected chi connectivity index (χ0v) is 10.3. The summed E-state index contributed by atoms with van der Waals surface area (Å²) < 4.78 is 6.51. The predicted octanol–water partition coefficient (Wildman–Crippen LogP) is 3.23. The van der Waals surface area contributed by atoms with Crippen molar-refractivity contribution in [3.63, 3.8) is 0 Å². The average molecular weight is 290 g/mol. The van der Waals surface area contributed by atoms with Gasteiger partial charge in [0.25, 0.3) is 0 Å². The van der Waals surface area contributed by atoms with E-state index in [4.69, 9.17) is 10.2 Å². The topological polar surface area (TPSA) is 64.9 Å². The van der Waals surface area contributed by atoms with E-state index in [0.29, 0.717) is 22.8 Å².